The summed E-state index contributed by atoms with van der Waals surface area (Å²) in [7, 11) is 0. The number of hydrogen-bond acceptors (Lipinski definition) is 2. The molecule has 0 aromatic heterocycles. The summed E-state index contributed by atoms with van der Waals surface area (Å²) in [6.45, 7) is 0. The fraction of sp³-hybridized carbons (Fsp3) is 1.00. The van der Waals surface area contributed by atoms with E-state index in [1.807, 2.05) is 0 Å². The van der Waals surface area contributed by atoms with Gasteiger partial charge in [-0.3, -0.25) is 0 Å². The Bertz CT molecular complexity index is 103. The van der Waals surface area contributed by atoms with Crippen molar-refractivity contribution in [3.8, 4) is 0 Å². The van der Waals surface area contributed by atoms with Crippen LogP contribution in [0, 0.1) is 0 Å². The first-order valence-electron chi connectivity index (χ1n) is 3.21. The Hall–Kier alpha value is -0.0800. The van der Waals surface area contributed by atoms with E-state index in [4.69, 9.17) is 9.84 Å². The Labute approximate surface area is 48.5 Å². The van der Waals surface area contributed by atoms with Crippen LogP contribution in [0.25, 0.3) is 0 Å². The molecule has 0 bridgehead atoms. The molecular weight excluding hydrogens is 104 g/mol. The van der Waals surface area contributed by atoms with Gasteiger partial charge in [0.05, 0.1) is 12.2 Å². The molecule has 1 N–H and O–H groups in total. The number of ether oxygens (including phenoxy) is 1. The van der Waals surface area contributed by atoms with E-state index < -0.39 is 0 Å². The first kappa shape index (κ1) is 4.77. The maximum atomic E-state index is 9.09. The average molecular weight is 114 g/mol. The molecule has 2 heteroatoms. The van der Waals surface area contributed by atoms with Crippen LogP contribution in [-0.2, 0) is 4.74 Å². The van der Waals surface area contributed by atoms with Gasteiger partial charge in [-0.05, 0) is 19.3 Å². The third-order valence-electron chi connectivity index (χ3n) is 1.99. The van der Waals surface area contributed by atoms with Crippen LogP contribution in [0.5, 0.6) is 0 Å². The molecule has 2 fully saturated rings. The number of epoxide rings is 1. The Morgan fingerprint density at radius 2 is 2.25 bits per heavy atom. The van der Waals surface area contributed by atoms with Crippen LogP contribution >= 0.6 is 0 Å². The fourth-order valence-electron chi connectivity index (χ4n) is 1.42. The van der Waals surface area contributed by atoms with E-state index in [1.54, 1.807) is 0 Å². The maximum Gasteiger partial charge on any atom is 0.110 e. The summed E-state index contributed by atoms with van der Waals surface area (Å²) in [5.74, 6) is 0. The molecule has 1 saturated heterocycles. The van der Waals surface area contributed by atoms with Gasteiger partial charge in [0.2, 0.25) is 0 Å². The number of aliphatic hydroxyl groups excluding tert-OH is 1. The van der Waals surface area contributed by atoms with Gasteiger partial charge < -0.3 is 9.84 Å². The van der Waals surface area contributed by atoms with Crippen LogP contribution in [0.3, 0.4) is 0 Å². The van der Waals surface area contributed by atoms with E-state index in [9.17, 15) is 0 Å². The second-order valence-corrected chi connectivity index (χ2v) is 2.64. The van der Waals surface area contributed by atoms with Gasteiger partial charge in [-0.15, -0.1) is 0 Å². The quantitative estimate of drug-likeness (QED) is 0.459. The summed E-state index contributed by atoms with van der Waals surface area (Å²) in [6, 6.07) is 0. The van der Waals surface area contributed by atoms with Gasteiger partial charge in [0.1, 0.15) is 6.10 Å². The molecule has 0 amide bonds. The van der Waals surface area contributed by atoms with Gasteiger partial charge in [0.15, 0.2) is 0 Å². The topological polar surface area (TPSA) is 32.8 Å². The zero-order valence-corrected chi connectivity index (χ0v) is 4.71. The highest BCUT2D eigenvalue weighted by Crippen LogP contribution is 2.36. The summed E-state index contributed by atoms with van der Waals surface area (Å²) < 4.78 is 5.14. The van der Waals surface area contributed by atoms with Crippen molar-refractivity contribution in [2.24, 2.45) is 0 Å². The molecule has 2 nitrogen and oxygen atoms in total. The summed E-state index contributed by atoms with van der Waals surface area (Å²) in [5, 5.41) is 9.09. The van der Waals surface area contributed by atoms with Crippen molar-refractivity contribution in [1.82, 2.24) is 0 Å². The van der Waals surface area contributed by atoms with Crippen molar-refractivity contribution in [2.75, 3.05) is 0 Å². The summed E-state index contributed by atoms with van der Waals surface area (Å²) in [4.78, 5) is 0. The van der Waals surface area contributed by atoms with Crippen molar-refractivity contribution in [3.05, 3.63) is 0 Å². The van der Waals surface area contributed by atoms with Crippen LogP contribution in [0.15, 0.2) is 0 Å². The van der Waals surface area contributed by atoms with Gasteiger partial charge in [0.25, 0.3) is 0 Å². The number of aliphatic hydroxyl groups is 1. The molecule has 2 rings (SSSR count). The molecule has 1 aliphatic carbocycles. The summed E-state index contributed by atoms with van der Waals surface area (Å²) in [5.41, 5.74) is 0. The monoisotopic (exact) mass is 114 g/mol. The standard InChI is InChI=1S/C6H10O2/c7-4-2-1-3-5-6(4)8-5/h4-7H,1-3H2/t4-,5?,6?/m1/s1. The predicted octanol–water partition coefficient (Wildman–Crippen LogP) is 0.299. The zero-order valence-electron chi connectivity index (χ0n) is 4.71. The van der Waals surface area contributed by atoms with Crippen LogP contribution in [0.4, 0.5) is 0 Å². The largest absolute Gasteiger partial charge is 0.390 e. The van der Waals surface area contributed by atoms with Crippen molar-refractivity contribution in [1.29, 1.82) is 0 Å². The second-order valence-electron chi connectivity index (χ2n) is 2.64. The minimum absolute atomic E-state index is 0.145. The molecule has 1 heterocycles. The zero-order chi connectivity index (χ0) is 5.56. The third-order valence-corrected chi connectivity index (χ3v) is 1.99. The van der Waals surface area contributed by atoms with Crippen LogP contribution < -0.4 is 0 Å². The van der Waals surface area contributed by atoms with E-state index >= 15 is 0 Å². The molecule has 8 heavy (non-hydrogen) atoms. The Morgan fingerprint density at radius 1 is 1.38 bits per heavy atom. The predicted molar refractivity (Wildman–Crippen MR) is 28.5 cm³/mol. The van der Waals surface area contributed by atoms with E-state index in [2.05, 4.69) is 0 Å². The fourth-order valence-corrected chi connectivity index (χ4v) is 1.42. The van der Waals surface area contributed by atoms with Gasteiger partial charge in [-0.1, -0.05) is 0 Å². The molecule has 3 atom stereocenters. The number of fused-ring (bicyclic) bond motifs is 1. The van der Waals surface area contributed by atoms with Gasteiger partial charge in [-0.2, -0.15) is 0 Å². The van der Waals surface area contributed by atoms with Crippen molar-refractivity contribution >= 4 is 0 Å². The van der Waals surface area contributed by atoms with E-state index in [0.717, 1.165) is 12.8 Å². The van der Waals surface area contributed by atoms with Crippen molar-refractivity contribution in [3.63, 3.8) is 0 Å². The minimum Gasteiger partial charge on any atom is -0.390 e. The smallest absolute Gasteiger partial charge is 0.110 e. The number of rotatable bonds is 0. The first-order valence-corrected chi connectivity index (χ1v) is 3.21. The van der Waals surface area contributed by atoms with Crippen LogP contribution in [-0.4, -0.2) is 23.4 Å². The van der Waals surface area contributed by atoms with Crippen LogP contribution in [0.2, 0.25) is 0 Å². The lowest BCUT2D eigenvalue weighted by molar-refractivity contribution is 0.124. The molecule has 2 unspecified atom stereocenters. The summed E-state index contributed by atoms with van der Waals surface area (Å²) in [6.07, 6.45) is 3.77. The summed E-state index contributed by atoms with van der Waals surface area (Å²) >= 11 is 0. The highest BCUT2D eigenvalue weighted by Gasteiger charge is 2.46. The van der Waals surface area contributed by atoms with E-state index in [0.29, 0.717) is 6.10 Å². The van der Waals surface area contributed by atoms with E-state index in [-0.39, 0.29) is 12.2 Å². The molecule has 1 aliphatic heterocycles. The molecule has 0 aromatic rings. The molecule has 1 saturated carbocycles. The minimum atomic E-state index is -0.145. The molecule has 0 radical (unpaired) electrons. The normalized spacial score (nSPS) is 52.9. The number of hydrogen-bond donors (Lipinski definition) is 1. The van der Waals surface area contributed by atoms with Gasteiger partial charge >= 0.3 is 0 Å². The third kappa shape index (κ3) is 0.565. The molecule has 0 aromatic carbocycles. The average Bonchev–Trinajstić information content (AvgIpc) is 2.45. The lowest BCUT2D eigenvalue weighted by Crippen LogP contribution is -2.20. The first-order chi connectivity index (χ1) is 3.88. The maximum absolute atomic E-state index is 9.09. The SMILES string of the molecule is O[C@@H]1CCCC2OC21. The lowest BCUT2D eigenvalue weighted by atomic mass is 9.98. The van der Waals surface area contributed by atoms with Gasteiger partial charge in [0, 0.05) is 0 Å². The van der Waals surface area contributed by atoms with Crippen molar-refractivity contribution < 1.29 is 9.84 Å². The van der Waals surface area contributed by atoms with E-state index in [1.165, 1.54) is 6.42 Å². The molecule has 0 spiro atoms. The Balaban J connectivity index is 1.99. The molecular formula is C6H10O2. The molecule has 46 valence electrons. The highest BCUT2D eigenvalue weighted by atomic mass is 16.6. The van der Waals surface area contributed by atoms with Crippen molar-refractivity contribution in [2.45, 2.75) is 37.6 Å². The lowest BCUT2D eigenvalue weighted by Gasteiger charge is -2.10. The Morgan fingerprint density at radius 3 is 2.88 bits per heavy atom. The Kier molecular flexibility index (Phi) is 0.866. The highest BCUT2D eigenvalue weighted by molar-refractivity contribution is 4.94. The van der Waals surface area contributed by atoms with Crippen LogP contribution in [0.1, 0.15) is 19.3 Å². The van der Waals surface area contributed by atoms with Gasteiger partial charge in [-0.25, -0.2) is 0 Å². The molecule has 2 aliphatic rings. The second kappa shape index (κ2) is 1.45.